The molecule has 1 heterocycles. The van der Waals surface area contributed by atoms with Crippen molar-refractivity contribution in [1.82, 2.24) is 0 Å². The zero-order chi connectivity index (χ0) is 19.8. The summed E-state index contributed by atoms with van der Waals surface area (Å²) >= 11 is 0. The first kappa shape index (κ1) is 18.8. The first-order valence-corrected chi connectivity index (χ1v) is 8.46. The number of ether oxygens (including phenoxy) is 1. The van der Waals surface area contributed by atoms with E-state index in [1.165, 1.54) is 6.92 Å². The van der Waals surface area contributed by atoms with E-state index in [9.17, 15) is 18.4 Å². The molecule has 0 spiro atoms. The predicted molar refractivity (Wildman–Crippen MR) is 97.9 cm³/mol. The van der Waals surface area contributed by atoms with Crippen LogP contribution < -0.4 is 5.63 Å². The number of esters is 1. The van der Waals surface area contributed by atoms with Crippen molar-refractivity contribution in [2.24, 2.45) is 0 Å². The van der Waals surface area contributed by atoms with Crippen LogP contribution in [0, 0.1) is 13.8 Å². The highest BCUT2D eigenvalue weighted by Gasteiger charge is 2.48. The molecule has 0 amide bonds. The molecule has 0 unspecified atom stereocenters. The van der Waals surface area contributed by atoms with Gasteiger partial charge in [0.25, 0.3) is 0 Å². The van der Waals surface area contributed by atoms with E-state index in [4.69, 9.17) is 4.42 Å². The largest absolute Gasteiger partial charge is 0.461 e. The van der Waals surface area contributed by atoms with Crippen LogP contribution in [0.5, 0.6) is 0 Å². The van der Waals surface area contributed by atoms with E-state index in [2.05, 4.69) is 4.74 Å². The van der Waals surface area contributed by atoms with Gasteiger partial charge in [0.1, 0.15) is 11.1 Å². The highest BCUT2D eigenvalue weighted by atomic mass is 19.3. The van der Waals surface area contributed by atoms with Crippen molar-refractivity contribution in [3.63, 3.8) is 0 Å². The molecule has 3 rings (SSSR count). The maximum Gasteiger partial charge on any atom is 0.382 e. The van der Waals surface area contributed by atoms with Gasteiger partial charge < -0.3 is 9.15 Å². The third-order valence-corrected chi connectivity index (χ3v) is 4.26. The highest BCUT2D eigenvalue weighted by molar-refractivity contribution is 5.99. The van der Waals surface area contributed by atoms with E-state index >= 15 is 0 Å². The molecule has 0 radical (unpaired) electrons. The average Bonchev–Trinajstić information content (AvgIpc) is 2.60. The lowest BCUT2D eigenvalue weighted by Gasteiger charge is -2.19. The van der Waals surface area contributed by atoms with E-state index in [0.717, 1.165) is 5.56 Å². The number of aryl methyl sites for hydroxylation is 2. The number of halogens is 2. The van der Waals surface area contributed by atoms with Crippen molar-refractivity contribution in [3.8, 4) is 11.1 Å². The molecule has 6 heteroatoms. The Kier molecular flexibility index (Phi) is 4.83. The molecular weight excluding hydrogens is 354 g/mol. The highest BCUT2D eigenvalue weighted by Crippen LogP contribution is 2.40. The Balaban J connectivity index is 2.49. The SMILES string of the molecule is CCOC(=O)C(F)(F)c1c(-c2ccccc2)c2c(C)cc(C)cc2oc1=O. The van der Waals surface area contributed by atoms with E-state index in [1.54, 1.807) is 49.4 Å². The molecule has 3 aromatic rings. The Morgan fingerprint density at radius 3 is 2.44 bits per heavy atom. The van der Waals surface area contributed by atoms with Crippen molar-refractivity contribution in [2.45, 2.75) is 26.7 Å². The zero-order valence-corrected chi connectivity index (χ0v) is 15.1. The molecule has 27 heavy (non-hydrogen) atoms. The van der Waals surface area contributed by atoms with E-state index < -0.39 is 23.1 Å². The minimum atomic E-state index is -4.15. The third-order valence-electron chi connectivity index (χ3n) is 4.26. The van der Waals surface area contributed by atoms with Gasteiger partial charge in [-0.3, -0.25) is 0 Å². The summed E-state index contributed by atoms with van der Waals surface area (Å²) in [5, 5.41) is 0.366. The van der Waals surface area contributed by atoms with Crippen LogP contribution in [0.2, 0.25) is 0 Å². The molecule has 0 aliphatic heterocycles. The number of benzene rings is 2. The van der Waals surface area contributed by atoms with Crippen LogP contribution in [0.1, 0.15) is 23.6 Å². The predicted octanol–water partition coefficient (Wildman–Crippen LogP) is 4.73. The first-order chi connectivity index (χ1) is 12.8. The average molecular weight is 372 g/mol. The molecule has 0 N–H and O–H groups in total. The molecule has 0 fully saturated rings. The van der Waals surface area contributed by atoms with Gasteiger partial charge in [-0.15, -0.1) is 0 Å². The quantitative estimate of drug-likeness (QED) is 0.491. The molecule has 0 saturated carbocycles. The summed E-state index contributed by atoms with van der Waals surface area (Å²) in [4.78, 5) is 24.5. The number of alkyl halides is 2. The summed E-state index contributed by atoms with van der Waals surface area (Å²) in [6, 6.07) is 11.7. The minimum Gasteiger partial charge on any atom is -0.461 e. The smallest absolute Gasteiger partial charge is 0.382 e. The maximum atomic E-state index is 14.9. The van der Waals surface area contributed by atoms with Crippen LogP contribution in [0.4, 0.5) is 8.78 Å². The first-order valence-electron chi connectivity index (χ1n) is 8.46. The molecule has 0 atom stereocenters. The lowest BCUT2D eigenvalue weighted by Crippen LogP contribution is -2.34. The summed E-state index contributed by atoms with van der Waals surface area (Å²) in [7, 11) is 0. The van der Waals surface area contributed by atoms with Crippen LogP contribution in [0.15, 0.2) is 51.7 Å². The Labute approximate surface area is 154 Å². The van der Waals surface area contributed by atoms with Gasteiger partial charge in [0.15, 0.2) is 0 Å². The fraction of sp³-hybridized carbons (Fsp3) is 0.238. The molecule has 0 bridgehead atoms. The Bertz CT molecular complexity index is 1070. The summed E-state index contributed by atoms with van der Waals surface area (Å²) in [5.74, 6) is -5.92. The summed E-state index contributed by atoms with van der Waals surface area (Å²) in [5.41, 5.74) is -0.213. The topological polar surface area (TPSA) is 56.5 Å². The fourth-order valence-corrected chi connectivity index (χ4v) is 3.21. The van der Waals surface area contributed by atoms with Crippen molar-refractivity contribution in [2.75, 3.05) is 6.61 Å². The van der Waals surface area contributed by atoms with Crippen LogP contribution in [0.25, 0.3) is 22.1 Å². The number of hydrogen-bond donors (Lipinski definition) is 0. The fourth-order valence-electron chi connectivity index (χ4n) is 3.21. The summed E-state index contributed by atoms with van der Waals surface area (Å²) < 4.78 is 39.6. The van der Waals surface area contributed by atoms with Gasteiger partial charge in [-0.05, 0) is 43.5 Å². The molecule has 0 aliphatic carbocycles. The molecule has 1 aromatic heterocycles. The van der Waals surface area contributed by atoms with Crippen molar-refractivity contribution >= 4 is 16.9 Å². The van der Waals surface area contributed by atoms with Crippen molar-refractivity contribution in [1.29, 1.82) is 0 Å². The van der Waals surface area contributed by atoms with Crippen LogP contribution in [0.3, 0.4) is 0 Å². The van der Waals surface area contributed by atoms with Gasteiger partial charge in [-0.25, -0.2) is 9.59 Å². The molecular formula is C21H18F2O4. The van der Waals surface area contributed by atoms with Crippen LogP contribution in [-0.2, 0) is 15.5 Å². The Morgan fingerprint density at radius 1 is 1.15 bits per heavy atom. The van der Waals surface area contributed by atoms with Gasteiger partial charge in [-0.1, -0.05) is 36.4 Å². The molecule has 2 aromatic carbocycles. The van der Waals surface area contributed by atoms with Crippen LogP contribution in [-0.4, -0.2) is 12.6 Å². The molecule has 0 saturated heterocycles. The van der Waals surface area contributed by atoms with Gasteiger partial charge in [-0.2, -0.15) is 8.78 Å². The zero-order valence-electron chi connectivity index (χ0n) is 15.1. The van der Waals surface area contributed by atoms with E-state index in [1.807, 2.05) is 6.92 Å². The Morgan fingerprint density at radius 2 is 1.81 bits per heavy atom. The molecule has 140 valence electrons. The van der Waals surface area contributed by atoms with Crippen molar-refractivity contribution in [3.05, 3.63) is 69.6 Å². The second-order valence-corrected chi connectivity index (χ2v) is 6.26. The van der Waals surface area contributed by atoms with E-state index in [0.29, 0.717) is 16.5 Å². The van der Waals surface area contributed by atoms with Crippen LogP contribution >= 0.6 is 0 Å². The number of fused-ring (bicyclic) bond motifs is 1. The third kappa shape index (κ3) is 3.23. The molecule has 4 nitrogen and oxygen atoms in total. The number of carbonyl (C=O) groups excluding carboxylic acids is 1. The second kappa shape index (κ2) is 6.95. The summed E-state index contributed by atoms with van der Waals surface area (Å²) in [6.07, 6.45) is 0. The summed E-state index contributed by atoms with van der Waals surface area (Å²) in [6.45, 7) is 4.75. The number of rotatable bonds is 4. The monoisotopic (exact) mass is 372 g/mol. The van der Waals surface area contributed by atoms with E-state index in [-0.39, 0.29) is 17.8 Å². The second-order valence-electron chi connectivity index (χ2n) is 6.26. The number of hydrogen-bond acceptors (Lipinski definition) is 4. The lowest BCUT2D eigenvalue weighted by molar-refractivity contribution is -0.173. The van der Waals surface area contributed by atoms with Gasteiger partial charge in [0.2, 0.25) is 0 Å². The minimum absolute atomic E-state index is 0.0163. The molecule has 0 aliphatic rings. The number of carbonyl (C=O) groups is 1. The van der Waals surface area contributed by atoms with Gasteiger partial charge >= 0.3 is 17.5 Å². The Hall–Kier alpha value is -3.02. The van der Waals surface area contributed by atoms with Crippen molar-refractivity contribution < 1.29 is 22.7 Å². The lowest BCUT2D eigenvalue weighted by atomic mass is 9.91. The normalized spacial score (nSPS) is 11.6. The standard InChI is InChI=1S/C21H18F2O4/c1-4-26-20(25)21(22,23)18-17(14-8-6-5-7-9-14)16-13(3)10-12(2)11-15(16)27-19(18)24/h5-11H,4H2,1-3H3. The maximum absolute atomic E-state index is 14.9. The van der Waals surface area contributed by atoms with Gasteiger partial charge in [0, 0.05) is 10.9 Å². The van der Waals surface area contributed by atoms with Gasteiger partial charge in [0.05, 0.1) is 6.61 Å².